The zero-order valence-corrected chi connectivity index (χ0v) is 21.0. The monoisotopic (exact) mass is 498 g/mol. The molecule has 174 valence electrons. The molecule has 0 aliphatic heterocycles. The number of halogens is 3. The van der Waals surface area contributed by atoms with Crippen molar-refractivity contribution in [2.45, 2.75) is 58.7 Å². The highest BCUT2D eigenvalue weighted by Gasteiger charge is 2.28. The van der Waals surface area contributed by atoms with Crippen molar-refractivity contribution < 1.29 is 14.3 Å². The van der Waals surface area contributed by atoms with Gasteiger partial charge in [0.2, 0.25) is 11.8 Å². The van der Waals surface area contributed by atoms with Crippen molar-refractivity contribution in [2.75, 3.05) is 6.61 Å². The number of nitrogens with one attached hydrogen (secondary N) is 1. The second-order valence-electron chi connectivity index (χ2n) is 8.59. The van der Waals surface area contributed by atoms with E-state index in [4.69, 9.17) is 39.5 Å². The molecular weight excluding hydrogens is 471 g/mol. The molecule has 0 heterocycles. The summed E-state index contributed by atoms with van der Waals surface area (Å²) < 4.78 is 5.67. The van der Waals surface area contributed by atoms with Crippen LogP contribution in [0.5, 0.6) is 5.75 Å². The van der Waals surface area contributed by atoms with E-state index in [2.05, 4.69) is 5.32 Å². The van der Waals surface area contributed by atoms with Crippen LogP contribution in [0.15, 0.2) is 42.5 Å². The summed E-state index contributed by atoms with van der Waals surface area (Å²) in [4.78, 5) is 27.4. The fourth-order valence-electron chi connectivity index (χ4n) is 2.98. The van der Waals surface area contributed by atoms with E-state index in [1.165, 1.54) is 0 Å². The Labute approximate surface area is 205 Å². The van der Waals surface area contributed by atoms with Crippen LogP contribution >= 0.6 is 34.8 Å². The Balaban J connectivity index is 2.05. The number of benzene rings is 2. The average Bonchev–Trinajstić information content (AvgIpc) is 2.71. The fraction of sp³-hybridized carbons (Fsp3) is 0.417. The first-order valence-corrected chi connectivity index (χ1v) is 11.5. The molecule has 2 aromatic carbocycles. The minimum atomic E-state index is -0.659. The number of hydrogen-bond donors (Lipinski definition) is 1. The van der Waals surface area contributed by atoms with Crippen molar-refractivity contribution in [1.29, 1.82) is 0 Å². The number of carbonyl (C=O) groups excluding carboxylic acids is 2. The second-order valence-corrected chi connectivity index (χ2v) is 9.84. The number of carbonyl (C=O) groups is 2. The van der Waals surface area contributed by atoms with Gasteiger partial charge in [-0.15, -0.1) is 0 Å². The van der Waals surface area contributed by atoms with Crippen molar-refractivity contribution in [3.63, 3.8) is 0 Å². The first-order valence-electron chi connectivity index (χ1n) is 10.4. The molecule has 1 unspecified atom stereocenters. The lowest BCUT2D eigenvalue weighted by Gasteiger charge is -2.31. The lowest BCUT2D eigenvalue weighted by molar-refractivity contribution is -0.141. The lowest BCUT2D eigenvalue weighted by atomic mass is 10.1. The third-order valence-corrected chi connectivity index (χ3v) is 5.61. The SMILES string of the molecule is CC(C(=O)NC(C)(C)C)N(Cc1ccc(Cl)c(Cl)c1)C(=O)CCCOc1ccc(Cl)cc1. The van der Waals surface area contributed by atoms with Crippen LogP contribution in [-0.4, -0.2) is 34.9 Å². The topological polar surface area (TPSA) is 58.6 Å². The van der Waals surface area contributed by atoms with Gasteiger partial charge in [0, 0.05) is 23.5 Å². The highest BCUT2D eigenvalue weighted by atomic mass is 35.5. The van der Waals surface area contributed by atoms with Crippen molar-refractivity contribution in [3.05, 3.63) is 63.1 Å². The fourth-order valence-corrected chi connectivity index (χ4v) is 3.43. The molecule has 1 atom stereocenters. The highest BCUT2D eigenvalue weighted by Crippen LogP contribution is 2.24. The zero-order chi connectivity index (χ0) is 23.9. The van der Waals surface area contributed by atoms with Crippen molar-refractivity contribution in [3.8, 4) is 5.75 Å². The van der Waals surface area contributed by atoms with E-state index in [0.29, 0.717) is 33.8 Å². The number of hydrogen-bond acceptors (Lipinski definition) is 3. The molecule has 0 spiro atoms. The van der Waals surface area contributed by atoms with E-state index < -0.39 is 11.6 Å². The molecule has 0 aromatic heterocycles. The molecule has 0 bridgehead atoms. The maximum absolute atomic E-state index is 13.1. The summed E-state index contributed by atoms with van der Waals surface area (Å²) >= 11 is 18.0. The van der Waals surface area contributed by atoms with Gasteiger partial charge in [0.1, 0.15) is 11.8 Å². The Bertz CT molecular complexity index is 927. The predicted octanol–water partition coefficient (Wildman–Crippen LogP) is 6.14. The molecule has 0 aliphatic rings. The van der Waals surface area contributed by atoms with Gasteiger partial charge >= 0.3 is 0 Å². The molecule has 2 aromatic rings. The third kappa shape index (κ3) is 8.53. The Hall–Kier alpha value is -1.95. The van der Waals surface area contributed by atoms with Gasteiger partial charge < -0.3 is 15.0 Å². The average molecular weight is 500 g/mol. The first-order chi connectivity index (χ1) is 15.0. The predicted molar refractivity (Wildman–Crippen MR) is 131 cm³/mol. The van der Waals surface area contributed by atoms with Crippen molar-refractivity contribution in [2.24, 2.45) is 0 Å². The highest BCUT2D eigenvalue weighted by molar-refractivity contribution is 6.42. The molecule has 0 radical (unpaired) electrons. The van der Waals surface area contributed by atoms with Gasteiger partial charge in [-0.1, -0.05) is 40.9 Å². The number of nitrogens with zero attached hydrogens (tertiary/aromatic N) is 1. The third-order valence-electron chi connectivity index (χ3n) is 4.62. The van der Waals surface area contributed by atoms with Gasteiger partial charge in [-0.25, -0.2) is 0 Å². The molecule has 2 rings (SSSR count). The number of rotatable bonds is 9. The summed E-state index contributed by atoms with van der Waals surface area (Å²) in [5.74, 6) is 0.322. The molecule has 0 saturated heterocycles. The summed E-state index contributed by atoms with van der Waals surface area (Å²) in [5.41, 5.74) is 0.386. The van der Waals surface area contributed by atoms with Crippen LogP contribution in [0.3, 0.4) is 0 Å². The molecule has 5 nitrogen and oxygen atoms in total. The minimum absolute atomic E-state index is 0.146. The van der Waals surface area contributed by atoms with Gasteiger partial charge in [-0.2, -0.15) is 0 Å². The van der Waals surface area contributed by atoms with Gasteiger partial charge in [0.05, 0.1) is 16.7 Å². The van der Waals surface area contributed by atoms with Gasteiger partial charge in [-0.05, 0) is 76.1 Å². The van der Waals surface area contributed by atoms with Crippen LogP contribution in [0.2, 0.25) is 15.1 Å². The van der Waals surface area contributed by atoms with Crippen LogP contribution < -0.4 is 10.1 Å². The van der Waals surface area contributed by atoms with Crippen molar-refractivity contribution in [1.82, 2.24) is 10.2 Å². The van der Waals surface area contributed by atoms with Crippen molar-refractivity contribution >= 4 is 46.6 Å². The number of ether oxygens (including phenoxy) is 1. The van der Waals surface area contributed by atoms with E-state index in [1.807, 2.05) is 20.8 Å². The smallest absolute Gasteiger partial charge is 0.242 e. The summed E-state index contributed by atoms with van der Waals surface area (Å²) in [6, 6.07) is 11.6. The Morgan fingerprint density at radius 3 is 2.28 bits per heavy atom. The second kappa shape index (κ2) is 11.8. The molecule has 2 amide bonds. The Kier molecular flexibility index (Phi) is 9.68. The largest absolute Gasteiger partial charge is 0.494 e. The summed E-state index contributed by atoms with van der Waals surface area (Å²) in [6.07, 6.45) is 0.745. The molecule has 1 N–H and O–H groups in total. The molecule has 0 saturated carbocycles. The van der Waals surface area contributed by atoms with Gasteiger partial charge in [0.15, 0.2) is 0 Å². The van der Waals surface area contributed by atoms with E-state index in [-0.39, 0.29) is 24.8 Å². The van der Waals surface area contributed by atoms with Crippen LogP contribution in [-0.2, 0) is 16.1 Å². The summed E-state index contributed by atoms with van der Waals surface area (Å²) in [7, 11) is 0. The molecule has 0 fully saturated rings. The zero-order valence-electron chi connectivity index (χ0n) is 18.8. The quantitative estimate of drug-likeness (QED) is 0.422. The van der Waals surface area contributed by atoms with Crippen LogP contribution in [0.1, 0.15) is 46.1 Å². The molecule has 0 aliphatic carbocycles. The number of amides is 2. The Morgan fingerprint density at radius 2 is 1.69 bits per heavy atom. The standard InChI is InChI=1S/C24H29Cl3N2O3/c1-16(23(31)28-24(2,3)4)29(15-17-7-12-20(26)21(27)14-17)22(30)6-5-13-32-19-10-8-18(25)9-11-19/h7-12,14,16H,5-6,13,15H2,1-4H3,(H,28,31). The maximum atomic E-state index is 13.1. The van der Waals surface area contributed by atoms with Crippen LogP contribution in [0, 0.1) is 0 Å². The summed E-state index contributed by atoms with van der Waals surface area (Å²) in [6.45, 7) is 8.04. The normalized spacial score (nSPS) is 12.2. The van der Waals surface area contributed by atoms with Gasteiger partial charge in [0.25, 0.3) is 0 Å². The van der Waals surface area contributed by atoms with E-state index in [9.17, 15) is 9.59 Å². The Morgan fingerprint density at radius 1 is 1.03 bits per heavy atom. The van der Waals surface area contributed by atoms with E-state index in [0.717, 1.165) is 5.56 Å². The first kappa shape index (κ1) is 26.3. The summed E-state index contributed by atoms with van der Waals surface area (Å²) in [5, 5.41) is 4.41. The molecule has 8 heteroatoms. The van der Waals surface area contributed by atoms with Crippen LogP contribution in [0.4, 0.5) is 0 Å². The van der Waals surface area contributed by atoms with Gasteiger partial charge in [-0.3, -0.25) is 9.59 Å². The lowest BCUT2D eigenvalue weighted by Crippen LogP contribution is -2.52. The van der Waals surface area contributed by atoms with Crippen LogP contribution in [0.25, 0.3) is 0 Å². The molecule has 32 heavy (non-hydrogen) atoms. The van der Waals surface area contributed by atoms with E-state index in [1.54, 1.807) is 54.3 Å². The maximum Gasteiger partial charge on any atom is 0.242 e. The van der Waals surface area contributed by atoms with E-state index >= 15 is 0 Å². The molecular formula is C24H29Cl3N2O3. The minimum Gasteiger partial charge on any atom is -0.494 e.